The lowest BCUT2D eigenvalue weighted by atomic mass is 9.86. The number of hydrogen-bond donors (Lipinski definition) is 13. The van der Waals surface area contributed by atoms with Crippen molar-refractivity contribution in [3.8, 4) is 0 Å². The summed E-state index contributed by atoms with van der Waals surface area (Å²) in [6.45, 7) is 10.8. The van der Waals surface area contributed by atoms with Gasteiger partial charge in [-0.25, -0.2) is 10.9 Å². The minimum Gasteiger partial charge on any atom is -0.370 e. The number of rotatable bonds is 48. The van der Waals surface area contributed by atoms with Crippen molar-refractivity contribution in [2.45, 2.75) is 229 Å². The number of nitrogens with two attached hydrogens (primary N) is 5. The van der Waals surface area contributed by atoms with Crippen molar-refractivity contribution in [2.75, 3.05) is 0 Å². The molecule has 1 heterocycles. The quantitative estimate of drug-likeness (QED) is 0.0196. The topological polar surface area (TPSA) is 435 Å². The SMILES string of the molecule is CC(C)C[C@@H](C=O)NN[C@@](C)(CCCCCCC=CCCC[C@](N)(CC/C=C\CC[C@](C)(N)C(=O)N[C@H](C=O)CCC(N)=O)C(=O)N[C@@H](CC(N)=O)C(=O)N[C@@H](CC(C)C)C(=O)N[C@H](C=O)Cc1c[nH]c2ccccc12)C(=O)N[C@H](C=O)CCC(N)=O. The van der Waals surface area contributed by atoms with E-state index in [4.69, 9.17) is 28.7 Å². The predicted molar refractivity (Wildman–Crippen MR) is 332 cm³/mol. The highest BCUT2D eigenvalue weighted by molar-refractivity contribution is 5.97. The van der Waals surface area contributed by atoms with Crippen LogP contribution in [0.25, 0.3) is 10.9 Å². The molecular weight excluding hydrogens is 1120 g/mol. The lowest BCUT2D eigenvalue weighted by Crippen LogP contribution is -2.62. The number of primary amides is 3. The van der Waals surface area contributed by atoms with E-state index in [1.54, 1.807) is 25.3 Å². The molecule has 0 aliphatic carbocycles. The van der Waals surface area contributed by atoms with Gasteiger partial charge in [-0.2, -0.15) is 0 Å². The van der Waals surface area contributed by atoms with Crippen LogP contribution in [-0.2, 0) is 64.0 Å². The van der Waals surface area contributed by atoms with Crippen LogP contribution < -0.4 is 66.1 Å². The number of fused-ring (bicyclic) bond motifs is 1. The normalized spacial score (nSPS) is 15.8. The number of para-hydroxylation sites is 1. The zero-order chi connectivity index (χ0) is 65.2. The first-order valence-corrected chi connectivity index (χ1v) is 30.3. The number of H-pyrrole nitrogens is 1. The molecule has 25 heteroatoms. The smallest absolute Gasteiger partial charge is 0.243 e. The van der Waals surface area contributed by atoms with Gasteiger partial charge in [0.15, 0.2) is 0 Å². The molecule has 2 rings (SSSR count). The minimum absolute atomic E-state index is 0.0244. The molecule has 8 amide bonds. The maximum Gasteiger partial charge on any atom is 0.243 e. The summed E-state index contributed by atoms with van der Waals surface area (Å²) in [4.78, 5) is 155. The molecule has 87 heavy (non-hydrogen) atoms. The van der Waals surface area contributed by atoms with Gasteiger partial charge in [0.25, 0.3) is 0 Å². The number of aldehydes is 4. The average molecular weight is 1220 g/mol. The molecule has 0 unspecified atom stereocenters. The summed E-state index contributed by atoms with van der Waals surface area (Å²) in [6, 6.07) is 1.41. The van der Waals surface area contributed by atoms with Gasteiger partial charge in [-0.05, 0) is 127 Å². The third kappa shape index (κ3) is 29.2. The highest BCUT2D eigenvalue weighted by atomic mass is 16.2. The first-order valence-electron chi connectivity index (χ1n) is 30.3. The van der Waals surface area contributed by atoms with Crippen molar-refractivity contribution >= 4 is 83.3 Å². The molecular formula is C62H99N13O12. The van der Waals surface area contributed by atoms with Crippen LogP contribution in [0, 0.1) is 11.8 Å². The standard InChI is InChI=1S/C62H99N13O12/c1-41(2)32-47(40-79)74-75-61(6,58(86)71-45(38-77)25-27-53(64)81)29-19-12-10-8-7-9-11-13-20-30-62(67,31-21-15-14-18-28-60(5,66)57(85)70-44(37-76)24-26-52(63)80)59(87)73-51(35-54(65)82)56(84)72-50(33-42(3)4)55(83)69-46(39-78)34-43-36-68-49-23-17-16-22-48(43)49/h9,11,14-17,22-23,36-42,44-47,50-51,68,74-75H,7-8,10,12-13,18-21,24-35,66-67H2,1-6H3,(H2,63,80)(H2,64,81)(H2,65,82)(H,69,83)(H,70,85)(H,71,86)(H,72,84)(H,73,87)/b11-9?,15-14-/t44-,45-,46-,47-,50-,51-,60-,61-,62-/m0/s1. The molecule has 0 fully saturated rings. The molecule has 0 bridgehead atoms. The van der Waals surface area contributed by atoms with Crippen LogP contribution in [0.15, 0.2) is 54.8 Å². The van der Waals surface area contributed by atoms with Gasteiger partial charge >= 0.3 is 0 Å². The zero-order valence-electron chi connectivity index (χ0n) is 51.8. The summed E-state index contributed by atoms with van der Waals surface area (Å²) in [5.41, 5.74) is 32.8. The number of allylic oxidation sites excluding steroid dienone is 4. The van der Waals surface area contributed by atoms with E-state index in [1.165, 1.54) is 6.92 Å². The number of nitrogens with one attached hydrogen (secondary N) is 8. The second kappa shape index (κ2) is 39.3. The Morgan fingerprint density at radius 3 is 1.66 bits per heavy atom. The Hall–Kier alpha value is -7.48. The van der Waals surface area contributed by atoms with Gasteiger partial charge in [0.2, 0.25) is 47.3 Å². The maximum absolute atomic E-state index is 14.4. The summed E-state index contributed by atoms with van der Waals surface area (Å²) in [6.07, 6.45) is 17.9. The minimum atomic E-state index is -1.60. The number of carbonyl (C=O) groups is 12. The molecule has 1 aromatic carbocycles. The number of unbranched alkanes of at least 4 members (excludes halogenated alkanes) is 5. The second-order valence-electron chi connectivity index (χ2n) is 24.1. The Balaban J connectivity index is 2.22. The van der Waals surface area contributed by atoms with E-state index in [-0.39, 0.29) is 76.0 Å². The Bertz CT molecular complexity index is 2640. The van der Waals surface area contributed by atoms with Gasteiger partial charge in [-0.15, -0.1) is 0 Å². The van der Waals surface area contributed by atoms with Crippen LogP contribution >= 0.6 is 0 Å². The van der Waals surface area contributed by atoms with Crippen molar-refractivity contribution in [3.05, 3.63) is 60.3 Å². The van der Waals surface area contributed by atoms with Crippen LogP contribution in [0.3, 0.4) is 0 Å². The van der Waals surface area contributed by atoms with E-state index >= 15 is 0 Å². The predicted octanol–water partition coefficient (Wildman–Crippen LogP) is 2.25. The van der Waals surface area contributed by atoms with Crippen molar-refractivity contribution < 1.29 is 57.5 Å². The van der Waals surface area contributed by atoms with Crippen molar-refractivity contribution in [1.29, 1.82) is 0 Å². The molecule has 0 radical (unpaired) electrons. The molecule has 25 nitrogen and oxygen atoms in total. The van der Waals surface area contributed by atoms with Gasteiger partial charge in [0.05, 0.1) is 41.7 Å². The van der Waals surface area contributed by atoms with Crippen LogP contribution in [0.5, 0.6) is 0 Å². The zero-order valence-corrected chi connectivity index (χ0v) is 51.8. The van der Waals surface area contributed by atoms with E-state index in [2.05, 4.69) is 42.4 Å². The fraction of sp³-hybridized carbons (Fsp3) is 0.613. The van der Waals surface area contributed by atoms with E-state index in [0.29, 0.717) is 57.4 Å². The van der Waals surface area contributed by atoms with Crippen LogP contribution in [0.1, 0.15) is 176 Å². The number of hydrazine groups is 1. The highest BCUT2D eigenvalue weighted by Crippen LogP contribution is 2.23. The van der Waals surface area contributed by atoms with E-state index in [9.17, 15) is 57.5 Å². The van der Waals surface area contributed by atoms with Crippen LogP contribution in [0.4, 0.5) is 0 Å². The lowest BCUT2D eigenvalue weighted by molar-refractivity contribution is -0.135. The number of aromatic amines is 1. The molecule has 18 N–H and O–H groups in total. The van der Waals surface area contributed by atoms with Gasteiger partial charge in [0.1, 0.15) is 42.8 Å². The molecule has 9 atom stereocenters. The molecule has 2 aromatic rings. The summed E-state index contributed by atoms with van der Waals surface area (Å²) in [5, 5.41) is 14.2. The largest absolute Gasteiger partial charge is 0.370 e. The molecule has 0 aliphatic heterocycles. The van der Waals surface area contributed by atoms with Gasteiger partial charge < -0.3 is 79.4 Å². The number of carbonyl (C=O) groups excluding carboxylic acids is 12. The summed E-state index contributed by atoms with van der Waals surface area (Å²) in [7, 11) is 0. The lowest BCUT2D eigenvalue weighted by Gasteiger charge is -2.32. The monoisotopic (exact) mass is 1220 g/mol. The molecule has 0 spiro atoms. The number of benzene rings is 1. The van der Waals surface area contributed by atoms with Gasteiger partial charge in [0, 0.05) is 36.4 Å². The van der Waals surface area contributed by atoms with Crippen molar-refractivity contribution in [3.63, 3.8) is 0 Å². The molecule has 484 valence electrons. The van der Waals surface area contributed by atoms with E-state index < -0.39 is 107 Å². The Kier molecular flexibility index (Phi) is 34.2. The molecule has 1 aromatic heterocycles. The second-order valence-corrected chi connectivity index (χ2v) is 24.1. The Morgan fingerprint density at radius 2 is 1.08 bits per heavy atom. The molecule has 0 saturated carbocycles. The van der Waals surface area contributed by atoms with Gasteiger partial charge in [-0.1, -0.05) is 89.5 Å². The summed E-state index contributed by atoms with van der Waals surface area (Å²) in [5.74, 6) is -5.39. The number of amides is 8. The summed E-state index contributed by atoms with van der Waals surface area (Å²) < 4.78 is 0. The Labute approximate surface area is 511 Å². The van der Waals surface area contributed by atoms with Gasteiger partial charge in [-0.3, -0.25) is 38.4 Å². The number of aromatic nitrogens is 1. The fourth-order valence-electron chi connectivity index (χ4n) is 9.68. The maximum atomic E-state index is 14.4. The van der Waals surface area contributed by atoms with E-state index in [0.717, 1.165) is 48.4 Å². The van der Waals surface area contributed by atoms with Crippen LogP contribution in [0.2, 0.25) is 0 Å². The van der Waals surface area contributed by atoms with Crippen molar-refractivity contribution in [2.24, 2.45) is 40.5 Å². The first kappa shape index (κ1) is 75.6. The third-order valence-corrected chi connectivity index (χ3v) is 14.9. The van der Waals surface area contributed by atoms with Crippen LogP contribution in [-0.4, -0.2) is 130 Å². The fourth-order valence-corrected chi connectivity index (χ4v) is 9.68. The van der Waals surface area contributed by atoms with E-state index in [1.807, 2.05) is 64.1 Å². The molecule has 0 saturated heterocycles. The first-order chi connectivity index (χ1) is 41.1. The number of hydrogen-bond acceptors (Lipinski definition) is 16. The summed E-state index contributed by atoms with van der Waals surface area (Å²) >= 11 is 0. The third-order valence-electron chi connectivity index (χ3n) is 14.9. The van der Waals surface area contributed by atoms with Crippen molar-refractivity contribution in [1.82, 2.24) is 42.4 Å². The Morgan fingerprint density at radius 1 is 0.540 bits per heavy atom. The average Bonchev–Trinajstić information content (AvgIpc) is 3.51. The highest BCUT2D eigenvalue weighted by Gasteiger charge is 2.38. The molecule has 0 aliphatic rings.